The van der Waals surface area contributed by atoms with Gasteiger partial charge in [0.1, 0.15) is 5.82 Å². The maximum atomic E-state index is 13.3. The van der Waals surface area contributed by atoms with Crippen LogP contribution in [0.4, 0.5) is 23.2 Å². The zero-order chi connectivity index (χ0) is 20.8. The Morgan fingerprint density at radius 1 is 1.24 bits per heavy atom. The lowest BCUT2D eigenvalue weighted by atomic mass is 10.1. The highest BCUT2D eigenvalue weighted by Crippen LogP contribution is 2.37. The molecule has 0 bridgehead atoms. The molecule has 4 rings (SSSR count). The van der Waals surface area contributed by atoms with E-state index in [9.17, 15) is 22.4 Å². The van der Waals surface area contributed by atoms with Crippen molar-refractivity contribution < 1.29 is 22.4 Å². The van der Waals surface area contributed by atoms with E-state index in [1.807, 2.05) is 0 Å². The van der Waals surface area contributed by atoms with Crippen LogP contribution in [-0.2, 0) is 24.3 Å². The number of rotatable bonds is 3. The van der Waals surface area contributed by atoms with Crippen molar-refractivity contribution in [3.8, 4) is 0 Å². The molecule has 1 saturated heterocycles. The molecule has 5 nitrogen and oxygen atoms in total. The maximum Gasteiger partial charge on any atom is 0.393 e. The normalized spacial score (nSPS) is 19.6. The summed E-state index contributed by atoms with van der Waals surface area (Å²) in [6.07, 6.45) is -2.49. The van der Waals surface area contributed by atoms with E-state index < -0.39 is 17.9 Å². The Morgan fingerprint density at radius 3 is 2.72 bits per heavy atom. The lowest BCUT2D eigenvalue weighted by molar-refractivity contribution is -0.168. The summed E-state index contributed by atoms with van der Waals surface area (Å²) in [7, 11) is 0. The molecule has 1 fully saturated rings. The molecule has 2 aliphatic heterocycles. The van der Waals surface area contributed by atoms with Gasteiger partial charge in [-0.05, 0) is 24.1 Å². The van der Waals surface area contributed by atoms with Gasteiger partial charge in [-0.1, -0.05) is 17.7 Å². The number of hydrogen-bond donors (Lipinski definition) is 0. The number of amides is 1. The fourth-order valence-corrected chi connectivity index (χ4v) is 4.09. The van der Waals surface area contributed by atoms with Crippen LogP contribution in [0.5, 0.6) is 0 Å². The average molecular weight is 431 g/mol. The third-order valence-electron chi connectivity index (χ3n) is 5.53. The van der Waals surface area contributed by atoms with Gasteiger partial charge in [-0.2, -0.15) is 18.3 Å². The maximum absolute atomic E-state index is 13.3. The number of hydrogen-bond acceptors (Lipinski definition) is 3. The van der Waals surface area contributed by atoms with Crippen LogP contribution < -0.4 is 4.90 Å². The van der Waals surface area contributed by atoms with Crippen molar-refractivity contribution in [1.29, 1.82) is 0 Å². The Morgan fingerprint density at radius 2 is 2.03 bits per heavy atom. The van der Waals surface area contributed by atoms with Crippen LogP contribution in [0.25, 0.3) is 0 Å². The number of alkyl halides is 3. The largest absolute Gasteiger partial charge is 0.393 e. The second-order valence-corrected chi connectivity index (χ2v) is 7.82. The summed E-state index contributed by atoms with van der Waals surface area (Å²) in [5, 5.41) is 4.24. The number of anilines is 1. The fraction of sp³-hybridized carbons (Fsp3) is 0.474. The SMILES string of the molecule is O=C(Cc1ccc(F)c(Cl)c1)N1CCn2ncc(N3CCC(C(F)(F)F)C3)c2C1. The summed E-state index contributed by atoms with van der Waals surface area (Å²) in [6, 6.07) is 4.16. The van der Waals surface area contributed by atoms with E-state index >= 15 is 0 Å². The van der Waals surface area contributed by atoms with E-state index in [-0.39, 0.29) is 36.9 Å². The minimum Gasteiger partial charge on any atom is -0.368 e. The number of benzene rings is 1. The number of halogens is 5. The lowest BCUT2D eigenvalue weighted by Gasteiger charge is -2.30. The summed E-state index contributed by atoms with van der Waals surface area (Å²) in [5.41, 5.74) is 2.00. The van der Waals surface area contributed by atoms with E-state index in [4.69, 9.17) is 11.6 Å². The number of carbonyl (C=O) groups excluding carboxylic acids is 1. The van der Waals surface area contributed by atoms with Gasteiger partial charge in [-0.15, -0.1) is 0 Å². The summed E-state index contributed by atoms with van der Waals surface area (Å²) in [5.74, 6) is -2.04. The van der Waals surface area contributed by atoms with E-state index in [0.29, 0.717) is 30.9 Å². The molecule has 0 N–H and O–H groups in total. The Labute approximate surface area is 169 Å². The molecule has 1 atom stereocenters. The van der Waals surface area contributed by atoms with Crippen LogP contribution >= 0.6 is 11.6 Å². The molecule has 0 saturated carbocycles. The first-order valence-electron chi connectivity index (χ1n) is 9.30. The monoisotopic (exact) mass is 430 g/mol. The Balaban J connectivity index is 1.46. The van der Waals surface area contributed by atoms with Crippen LogP contribution in [0, 0.1) is 11.7 Å². The topological polar surface area (TPSA) is 41.4 Å². The quantitative estimate of drug-likeness (QED) is 0.698. The van der Waals surface area contributed by atoms with Gasteiger partial charge in [0.15, 0.2) is 0 Å². The number of fused-ring (bicyclic) bond motifs is 1. The van der Waals surface area contributed by atoms with Gasteiger partial charge in [0.2, 0.25) is 5.91 Å². The zero-order valence-corrected chi connectivity index (χ0v) is 16.2. The van der Waals surface area contributed by atoms with Crippen molar-refractivity contribution >= 4 is 23.2 Å². The molecule has 3 heterocycles. The predicted octanol–water partition coefficient (Wildman–Crippen LogP) is 3.65. The molecular weight excluding hydrogens is 412 g/mol. The van der Waals surface area contributed by atoms with E-state index in [0.717, 1.165) is 5.69 Å². The van der Waals surface area contributed by atoms with Crippen molar-refractivity contribution in [1.82, 2.24) is 14.7 Å². The molecule has 1 amide bonds. The summed E-state index contributed by atoms with van der Waals surface area (Å²) in [4.78, 5) is 16.1. The Hall–Kier alpha value is -2.29. The molecule has 2 aliphatic rings. The first kappa shape index (κ1) is 20.0. The molecule has 29 heavy (non-hydrogen) atoms. The van der Waals surface area contributed by atoms with Crippen molar-refractivity contribution in [2.24, 2.45) is 5.92 Å². The molecule has 1 unspecified atom stereocenters. The fourth-order valence-electron chi connectivity index (χ4n) is 3.89. The molecular formula is C19H19ClF4N4O. The smallest absolute Gasteiger partial charge is 0.368 e. The van der Waals surface area contributed by atoms with Gasteiger partial charge in [0, 0.05) is 19.6 Å². The third kappa shape index (κ3) is 4.05. The standard InChI is InChI=1S/C19H19ClF4N4O/c20-14-7-12(1-2-15(14)21)8-18(29)27-5-6-28-17(11-27)16(9-25-28)26-4-3-13(10-26)19(22,23)24/h1-2,7,9,13H,3-6,8,10-11H2. The predicted molar refractivity (Wildman–Crippen MR) is 99.1 cm³/mol. The molecule has 0 aliphatic carbocycles. The van der Waals surface area contributed by atoms with Gasteiger partial charge >= 0.3 is 6.18 Å². The van der Waals surface area contributed by atoms with Gasteiger partial charge in [0.05, 0.1) is 48.0 Å². The molecule has 156 valence electrons. The minimum atomic E-state index is -4.21. The number of carbonyl (C=O) groups is 1. The van der Waals surface area contributed by atoms with Crippen LogP contribution in [0.15, 0.2) is 24.4 Å². The van der Waals surface area contributed by atoms with Crippen molar-refractivity contribution in [2.45, 2.75) is 32.1 Å². The van der Waals surface area contributed by atoms with Crippen LogP contribution in [0.1, 0.15) is 17.7 Å². The van der Waals surface area contributed by atoms with Crippen molar-refractivity contribution in [2.75, 3.05) is 24.5 Å². The summed E-state index contributed by atoms with van der Waals surface area (Å²) >= 11 is 5.78. The van der Waals surface area contributed by atoms with Gasteiger partial charge in [0.25, 0.3) is 0 Å². The van der Waals surface area contributed by atoms with Crippen molar-refractivity contribution in [3.05, 3.63) is 46.5 Å². The summed E-state index contributed by atoms with van der Waals surface area (Å²) in [6.45, 7) is 1.42. The highest BCUT2D eigenvalue weighted by molar-refractivity contribution is 6.30. The highest BCUT2D eigenvalue weighted by Gasteiger charge is 2.44. The molecule has 1 aromatic heterocycles. The van der Waals surface area contributed by atoms with Gasteiger partial charge in [-0.3, -0.25) is 9.48 Å². The van der Waals surface area contributed by atoms with Crippen LogP contribution in [-0.4, -0.2) is 46.4 Å². The summed E-state index contributed by atoms with van der Waals surface area (Å²) < 4.78 is 54.1. The van der Waals surface area contributed by atoms with Gasteiger partial charge in [-0.25, -0.2) is 4.39 Å². The van der Waals surface area contributed by atoms with Crippen LogP contribution in [0.3, 0.4) is 0 Å². The third-order valence-corrected chi connectivity index (χ3v) is 5.82. The van der Waals surface area contributed by atoms with Crippen LogP contribution in [0.2, 0.25) is 5.02 Å². The van der Waals surface area contributed by atoms with Crippen molar-refractivity contribution in [3.63, 3.8) is 0 Å². The Kier molecular flexibility index (Phi) is 5.18. The van der Waals surface area contributed by atoms with Gasteiger partial charge < -0.3 is 9.80 Å². The number of nitrogens with zero attached hydrogens (tertiary/aromatic N) is 4. The lowest BCUT2D eigenvalue weighted by Crippen LogP contribution is -2.40. The molecule has 1 aromatic carbocycles. The van der Waals surface area contributed by atoms with E-state index in [2.05, 4.69) is 5.10 Å². The molecule has 0 radical (unpaired) electrons. The Bertz CT molecular complexity index is 929. The average Bonchev–Trinajstić information content (AvgIpc) is 3.30. The second kappa shape index (κ2) is 7.51. The zero-order valence-electron chi connectivity index (χ0n) is 15.4. The second-order valence-electron chi connectivity index (χ2n) is 7.41. The molecule has 0 spiro atoms. The number of aromatic nitrogens is 2. The highest BCUT2D eigenvalue weighted by atomic mass is 35.5. The minimum absolute atomic E-state index is 0.0393. The molecule has 2 aromatic rings. The molecule has 10 heteroatoms. The first-order chi connectivity index (χ1) is 13.7. The van der Waals surface area contributed by atoms with E-state index in [1.54, 1.807) is 20.7 Å². The van der Waals surface area contributed by atoms with E-state index in [1.165, 1.54) is 18.2 Å². The first-order valence-corrected chi connectivity index (χ1v) is 9.68.